The van der Waals surface area contributed by atoms with Crippen molar-refractivity contribution in [3.8, 4) is 0 Å². The SMILES string of the molecule is Cc1ccc(S(N)(=O)=O)cc1.N[C@@]1(O)CCc2ccccc21. The van der Waals surface area contributed by atoms with Gasteiger partial charge in [-0.3, -0.25) is 5.73 Å². The van der Waals surface area contributed by atoms with E-state index in [9.17, 15) is 13.5 Å². The van der Waals surface area contributed by atoms with Gasteiger partial charge in [0, 0.05) is 5.56 Å². The minimum Gasteiger partial charge on any atom is -0.372 e. The first kappa shape index (κ1) is 16.6. The van der Waals surface area contributed by atoms with Crippen molar-refractivity contribution < 1.29 is 13.5 Å². The van der Waals surface area contributed by atoms with Gasteiger partial charge in [0.25, 0.3) is 0 Å². The number of aryl methyl sites for hydroxylation is 2. The standard InChI is InChI=1S/C9H11NO.C7H9NO2S/c10-9(11)6-5-7-3-1-2-4-8(7)9;1-6-2-4-7(5-3-6)11(8,9)10/h1-4,11H,5-6,10H2;2-5H,1H3,(H2,8,9,10)/t9-;/m1./s1. The van der Waals surface area contributed by atoms with Crippen LogP contribution in [0.5, 0.6) is 0 Å². The van der Waals surface area contributed by atoms with E-state index in [4.69, 9.17) is 10.9 Å². The first-order chi connectivity index (χ1) is 10.2. The Morgan fingerprint density at radius 1 is 1.09 bits per heavy atom. The van der Waals surface area contributed by atoms with Gasteiger partial charge in [-0.05, 0) is 37.5 Å². The molecule has 0 saturated carbocycles. The second-order valence-electron chi connectivity index (χ2n) is 5.44. The number of aliphatic hydroxyl groups is 1. The minimum absolute atomic E-state index is 0.156. The first-order valence-corrected chi connectivity index (χ1v) is 8.44. The van der Waals surface area contributed by atoms with Crippen molar-refractivity contribution in [2.45, 2.75) is 30.4 Å². The molecular formula is C16H20N2O3S. The van der Waals surface area contributed by atoms with Crippen LogP contribution in [0.15, 0.2) is 53.4 Å². The van der Waals surface area contributed by atoms with Crippen molar-refractivity contribution >= 4 is 10.0 Å². The third-order valence-electron chi connectivity index (χ3n) is 3.61. The predicted octanol–water partition coefficient (Wildman–Crippen LogP) is 1.38. The van der Waals surface area contributed by atoms with E-state index < -0.39 is 15.7 Å². The van der Waals surface area contributed by atoms with E-state index >= 15 is 0 Å². The molecule has 0 unspecified atom stereocenters. The summed E-state index contributed by atoms with van der Waals surface area (Å²) in [5.41, 5.74) is 7.65. The molecule has 0 bridgehead atoms. The number of hydrogen-bond donors (Lipinski definition) is 3. The smallest absolute Gasteiger partial charge is 0.238 e. The molecule has 0 radical (unpaired) electrons. The molecule has 0 spiro atoms. The number of rotatable bonds is 1. The maximum atomic E-state index is 10.7. The molecule has 6 heteroatoms. The topological polar surface area (TPSA) is 106 Å². The quantitative estimate of drug-likeness (QED) is 0.690. The second kappa shape index (κ2) is 6.18. The Morgan fingerprint density at radius 3 is 2.23 bits per heavy atom. The Kier molecular flexibility index (Phi) is 4.67. The van der Waals surface area contributed by atoms with Gasteiger partial charge in [0.2, 0.25) is 10.0 Å². The van der Waals surface area contributed by atoms with Crippen LogP contribution in [0.1, 0.15) is 23.1 Å². The second-order valence-corrected chi connectivity index (χ2v) is 7.00. The van der Waals surface area contributed by atoms with Crippen molar-refractivity contribution in [2.24, 2.45) is 10.9 Å². The van der Waals surface area contributed by atoms with Crippen LogP contribution in [0.2, 0.25) is 0 Å². The summed E-state index contributed by atoms with van der Waals surface area (Å²) in [5.74, 6) is 0. The predicted molar refractivity (Wildman–Crippen MR) is 85.4 cm³/mol. The Bertz CT molecular complexity index is 753. The zero-order valence-corrected chi connectivity index (χ0v) is 13.2. The van der Waals surface area contributed by atoms with Crippen LogP contribution in [0, 0.1) is 6.92 Å². The Hall–Kier alpha value is -1.73. The lowest BCUT2D eigenvalue weighted by atomic mass is 10.1. The van der Waals surface area contributed by atoms with Crippen molar-refractivity contribution in [1.82, 2.24) is 0 Å². The largest absolute Gasteiger partial charge is 0.372 e. The zero-order chi connectivity index (χ0) is 16.4. The average Bonchev–Trinajstić information content (AvgIpc) is 2.76. The molecule has 1 aliphatic carbocycles. The first-order valence-electron chi connectivity index (χ1n) is 6.89. The van der Waals surface area contributed by atoms with Gasteiger partial charge in [-0.25, -0.2) is 13.6 Å². The molecule has 1 aliphatic rings. The minimum atomic E-state index is -3.52. The van der Waals surface area contributed by atoms with Gasteiger partial charge in [0.15, 0.2) is 0 Å². The third-order valence-corrected chi connectivity index (χ3v) is 4.54. The fourth-order valence-corrected chi connectivity index (χ4v) is 2.86. The Balaban J connectivity index is 0.000000160. The van der Waals surface area contributed by atoms with E-state index in [0.29, 0.717) is 6.42 Å². The molecule has 2 aromatic rings. The van der Waals surface area contributed by atoms with E-state index in [1.54, 1.807) is 12.1 Å². The fourth-order valence-electron chi connectivity index (χ4n) is 2.35. The lowest BCUT2D eigenvalue weighted by molar-refractivity contribution is 0.0458. The van der Waals surface area contributed by atoms with Crippen LogP contribution in [-0.2, 0) is 22.2 Å². The number of benzene rings is 2. The summed E-state index contributed by atoms with van der Waals surface area (Å²) in [6.07, 6.45) is 1.54. The van der Waals surface area contributed by atoms with Crippen LogP contribution < -0.4 is 10.9 Å². The van der Waals surface area contributed by atoms with Crippen LogP contribution in [0.3, 0.4) is 0 Å². The molecule has 22 heavy (non-hydrogen) atoms. The molecule has 118 valence electrons. The Morgan fingerprint density at radius 2 is 1.68 bits per heavy atom. The van der Waals surface area contributed by atoms with Crippen molar-refractivity contribution in [1.29, 1.82) is 0 Å². The number of sulfonamides is 1. The average molecular weight is 320 g/mol. The molecule has 5 nitrogen and oxygen atoms in total. The summed E-state index contributed by atoms with van der Waals surface area (Å²) in [6, 6.07) is 14.2. The van der Waals surface area contributed by atoms with Gasteiger partial charge in [-0.2, -0.15) is 0 Å². The van der Waals surface area contributed by atoms with Crippen molar-refractivity contribution in [3.05, 3.63) is 65.2 Å². The molecule has 0 heterocycles. The highest BCUT2D eigenvalue weighted by Gasteiger charge is 2.31. The highest BCUT2D eigenvalue weighted by Crippen LogP contribution is 2.31. The van der Waals surface area contributed by atoms with Gasteiger partial charge >= 0.3 is 0 Å². The molecule has 0 amide bonds. The summed E-state index contributed by atoms with van der Waals surface area (Å²) in [7, 11) is -3.52. The summed E-state index contributed by atoms with van der Waals surface area (Å²) in [4.78, 5) is 0.156. The van der Waals surface area contributed by atoms with E-state index in [-0.39, 0.29) is 4.90 Å². The van der Waals surface area contributed by atoms with Gasteiger partial charge in [0.1, 0.15) is 5.72 Å². The van der Waals surface area contributed by atoms with E-state index in [0.717, 1.165) is 17.5 Å². The van der Waals surface area contributed by atoms with E-state index in [1.165, 1.54) is 17.7 Å². The van der Waals surface area contributed by atoms with Crippen molar-refractivity contribution in [2.75, 3.05) is 0 Å². The summed E-state index contributed by atoms with van der Waals surface area (Å²) in [5, 5.41) is 14.5. The maximum absolute atomic E-state index is 10.7. The molecule has 5 N–H and O–H groups in total. The van der Waals surface area contributed by atoms with Crippen molar-refractivity contribution in [3.63, 3.8) is 0 Å². The van der Waals surface area contributed by atoms with Crippen LogP contribution >= 0.6 is 0 Å². The van der Waals surface area contributed by atoms with Crippen LogP contribution in [0.4, 0.5) is 0 Å². The van der Waals surface area contributed by atoms with Gasteiger partial charge in [0.05, 0.1) is 4.90 Å². The molecular weight excluding hydrogens is 300 g/mol. The highest BCUT2D eigenvalue weighted by molar-refractivity contribution is 7.89. The molecule has 0 aromatic heterocycles. The Labute approximate surface area is 130 Å². The lowest BCUT2D eigenvalue weighted by Gasteiger charge is -2.16. The zero-order valence-electron chi connectivity index (χ0n) is 12.4. The molecule has 0 fully saturated rings. The number of fused-ring (bicyclic) bond motifs is 1. The number of nitrogens with two attached hydrogens (primary N) is 2. The molecule has 2 aromatic carbocycles. The summed E-state index contributed by atoms with van der Waals surface area (Å²) >= 11 is 0. The monoisotopic (exact) mass is 320 g/mol. The van der Waals surface area contributed by atoms with Crippen LogP contribution in [0.25, 0.3) is 0 Å². The lowest BCUT2D eigenvalue weighted by Crippen LogP contribution is -2.33. The molecule has 3 rings (SSSR count). The van der Waals surface area contributed by atoms with Gasteiger partial charge in [-0.1, -0.05) is 42.0 Å². The fraction of sp³-hybridized carbons (Fsp3) is 0.250. The van der Waals surface area contributed by atoms with E-state index in [1.807, 2.05) is 31.2 Å². The summed E-state index contributed by atoms with van der Waals surface area (Å²) < 4.78 is 21.4. The number of primary sulfonamides is 1. The van der Waals surface area contributed by atoms with Crippen LogP contribution in [-0.4, -0.2) is 13.5 Å². The maximum Gasteiger partial charge on any atom is 0.238 e. The molecule has 1 atom stereocenters. The van der Waals surface area contributed by atoms with E-state index in [2.05, 4.69) is 0 Å². The normalized spacial score (nSPS) is 20.0. The molecule has 0 saturated heterocycles. The summed E-state index contributed by atoms with van der Waals surface area (Å²) in [6.45, 7) is 1.88. The van der Waals surface area contributed by atoms with Gasteiger partial charge in [-0.15, -0.1) is 0 Å². The van der Waals surface area contributed by atoms with Gasteiger partial charge < -0.3 is 5.11 Å². The molecule has 0 aliphatic heterocycles. The number of hydrogen-bond acceptors (Lipinski definition) is 4. The third kappa shape index (κ3) is 3.92. The highest BCUT2D eigenvalue weighted by atomic mass is 32.2.